The van der Waals surface area contributed by atoms with Crippen LogP contribution in [0.5, 0.6) is 0 Å². The first-order valence-corrected chi connectivity index (χ1v) is 8.54. The molecule has 0 aliphatic carbocycles. The Bertz CT molecular complexity index is 661. The maximum atomic E-state index is 14.3. The van der Waals surface area contributed by atoms with E-state index < -0.39 is 0 Å². The summed E-state index contributed by atoms with van der Waals surface area (Å²) in [5, 5.41) is 3.73. The van der Waals surface area contributed by atoms with E-state index in [2.05, 4.69) is 37.2 Å². The van der Waals surface area contributed by atoms with Gasteiger partial charge in [-0.3, -0.25) is 0 Å². The van der Waals surface area contributed by atoms with Gasteiger partial charge in [0.25, 0.3) is 0 Å². The summed E-state index contributed by atoms with van der Waals surface area (Å²) >= 11 is 13.0. The van der Waals surface area contributed by atoms with Crippen LogP contribution in [0.1, 0.15) is 29.7 Å². The smallest absolute Gasteiger partial charge is 0.129 e. The molecule has 21 heavy (non-hydrogen) atoms. The number of hydrogen-bond acceptors (Lipinski definition) is 1. The van der Waals surface area contributed by atoms with Gasteiger partial charge in [-0.2, -0.15) is 0 Å². The third-order valence-electron chi connectivity index (χ3n) is 3.27. The lowest BCUT2D eigenvalue weighted by Crippen LogP contribution is -2.23. The van der Waals surface area contributed by atoms with Gasteiger partial charge < -0.3 is 5.32 Å². The van der Waals surface area contributed by atoms with Crippen LogP contribution < -0.4 is 5.32 Å². The molecule has 0 aromatic heterocycles. The first-order chi connectivity index (χ1) is 9.93. The topological polar surface area (TPSA) is 12.0 Å². The van der Waals surface area contributed by atoms with Crippen LogP contribution in [0, 0.1) is 12.7 Å². The minimum absolute atomic E-state index is 0.237. The monoisotopic (exact) mass is 433 g/mol. The molecule has 2 rings (SSSR count). The summed E-state index contributed by atoms with van der Waals surface area (Å²) < 4.78 is 16.2. The third-order valence-corrected chi connectivity index (χ3v) is 5.05. The molecule has 0 amide bonds. The van der Waals surface area contributed by atoms with Crippen LogP contribution in [0.15, 0.2) is 39.3 Å². The molecule has 0 spiro atoms. The summed E-state index contributed by atoms with van der Waals surface area (Å²) in [6.45, 7) is 4.74. The predicted octanol–water partition coefficient (Wildman–Crippen LogP) is 6.01. The quantitative estimate of drug-likeness (QED) is 0.620. The van der Waals surface area contributed by atoms with Gasteiger partial charge in [0.15, 0.2) is 0 Å². The molecule has 0 aliphatic heterocycles. The molecule has 0 saturated heterocycles. The highest BCUT2D eigenvalue weighted by Crippen LogP contribution is 2.34. The molecule has 0 fully saturated rings. The maximum absolute atomic E-state index is 14.3. The molecule has 1 N–H and O–H groups in total. The van der Waals surface area contributed by atoms with Gasteiger partial charge in [0.05, 0.1) is 6.04 Å². The third kappa shape index (κ3) is 3.86. The summed E-state index contributed by atoms with van der Waals surface area (Å²) in [5.74, 6) is -0.308. The summed E-state index contributed by atoms with van der Waals surface area (Å²) in [6, 6.07) is 8.59. The summed E-state index contributed by atoms with van der Waals surface area (Å²) in [5.41, 5.74) is 2.69. The number of hydrogen-bond donors (Lipinski definition) is 1. The van der Waals surface area contributed by atoms with E-state index in [-0.39, 0.29) is 11.9 Å². The fourth-order valence-corrected chi connectivity index (χ4v) is 3.42. The van der Waals surface area contributed by atoms with Crippen LogP contribution >= 0.6 is 43.5 Å². The minimum atomic E-state index is -0.308. The maximum Gasteiger partial charge on any atom is 0.129 e. The van der Waals surface area contributed by atoms with Gasteiger partial charge in [0, 0.05) is 19.5 Å². The molecule has 1 unspecified atom stereocenters. The molecule has 0 aliphatic rings. The molecule has 1 atom stereocenters. The Morgan fingerprint density at radius 3 is 2.48 bits per heavy atom. The lowest BCUT2D eigenvalue weighted by Gasteiger charge is -2.22. The van der Waals surface area contributed by atoms with E-state index in [1.54, 1.807) is 12.1 Å². The number of benzene rings is 2. The fourth-order valence-electron chi connectivity index (χ4n) is 2.21. The van der Waals surface area contributed by atoms with Gasteiger partial charge in [-0.25, -0.2) is 4.39 Å². The lowest BCUT2D eigenvalue weighted by atomic mass is 9.97. The Labute approximate surface area is 146 Å². The number of aryl methyl sites for hydroxylation is 1. The van der Waals surface area contributed by atoms with Crippen LogP contribution in [0.4, 0.5) is 4.39 Å². The molecule has 2 aromatic rings. The summed E-state index contributed by atoms with van der Waals surface area (Å²) in [6.07, 6.45) is 0. The first kappa shape index (κ1) is 16.9. The van der Waals surface area contributed by atoms with Crippen molar-refractivity contribution < 1.29 is 4.39 Å². The van der Waals surface area contributed by atoms with Crippen LogP contribution in [0.2, 0.25) is 5.02 Å². The average Bonchev–Trinajstić information content (AvgIpc) is 2.41. The van der Waals surface area contributed by atoms with Crippen molar-refractivity contribution >= 4 is 43.5 Å². The highest BCUT2D eigenvalue weighted by molar-refractivity contribution is 9.11. The van der Waals surface area contributed by atoms with Gasteiger partial charge in [0.2, 0.25) is 0 Å². The van der Waals surface area contributed by atoms with Crippen molar-refractivity contribution in [1.82, 2.24) is 5.32 Å². The second-order valence-electron chi connectivity index (χ2n) is 4.78. The Balaban J connectivity index is 2.55. The van der Waals surface area contributed by atoms with Gasteiger partial charge in [-0.15, -0.1) is 0 Å². The number of nitrogens with one attached hydrogen (secondary N) is 1. The van der Waals surface area contributed by atoms with Gasteiger partial charge >= 0.3 is 0 Å². The second kappa shape index (κ2) is 7.23. The Kier molecular flexibility index (Phi) is 5.83. The fraction of sp³-hybridized carbons (Fsp3) is 0.250. The SMILES string of the molecule is CCNC(c1ccc(Cl)cc1F)c1cc(Br)c(C)cc1Br. The first-order valence-electron chi connectivity index (χ1n) is 6.58. The zero-order chi connectivity index (χ0) is 15.6. The predicted molar refractivity (Wildman–Crippen MR) is 93.5 cm³/mol. The van der Waals surface area contributed by atoms with Crippen molar-refractivity contribution in [1.29, 1.82) is 0 Å². The van der Waals surface area contributed by atoms with Crippen LogP contribution in [0.25, 0.3) is 0 Å². The Morgan fingerprint density at radius 2 is 1.86 bits per heavy atom. The Morgan fingerprint density at radius 1 is 1.14 bits per heavy atom. The van der Waals surface area contributed by atoms with Crippen molar-refractivity contribution in [3.8, 4) is 0 Å². The molecule has 5 heteroatoms. The normalized spacial score (nSPS) is 12.5. The van der Waals surface area contributed by atoms with Crippen LogP contribution in [-0.4, -0.2) is 6.54 Å². The summed E-state index contributed by atoms with van der Waals surface area (Å²) in [7, 11) is 0. The van der Waals surface area contributed by atoms with Gasteiger partial charge in [-0.1, -0.05) is 56.5 Å². The van der Waals surface area contributed by atoms with E-state index in [4.69, 9.17) is 11.6 Å². The van der Waals surface area contributed by atoms with Crippen molar-refractivity contribution in [2.75, 3.05) is 6.54 Å². The molecule has 0 heterocycles. The molecular weight excluding hydrogens is 420 g/mol. The molecule has 0 bridgehead atoms. The standard InChI is InChI=1S/C16H15Br2ClFN/c1-3-21-16(11-5-4-10(19)7-15(11)20)12-8-13(17)9(2)6-14(12)18/h4-8,16,21H,3H2,1-2H3. The van der Waals surface area contributed by atoms with E-state index in [1.807, 2.05) is 26.0 Å². The molecule has 1 nitrogen and oxygen atoms in total. The molecule has 112 valence electrons. The van der Waals surface area contributed by atoms with Gasteiger partial charge in [-0.05, 0) is 48.9 Å². The van der Waals surface area contributed by atoms with Crippen molar-refractivity contribution in [3.63, 3.8) is 0 Å². The highest BCUT2D eigenvalue weighted by Gasteiger charge is 2.20. The van der Waals surface area contributed by atoms with Crippen LogP contribution in [0.3, 0.4) is 0 Å². The zero-order valence-corrected chi connectivity index (χ0v) is 15.6. The summed E-state index contributed by atoms with van der Waals surface area (Å²) in [4.78, 5) is 0. The molecule has 0 radical (unpaired) electrons. The molecule has 2 aromatic carbocycles. The van der Waals surface area contributed by atoms with Crippen molar-refractivity contribution in [2.45, 2.75) is 19.9 Å². The van der Waals surface area contributed by atoms with E-state index in [0.717, 1.165) is 26.6 Å². The van der Waals surface area contributed by atoms with E-state index in [9.17, 15) is 4.39 Å². The number of rotatable bonds is 4. The largest absolute Gasteiger partial charge is 0.306 e. The minimum Gasteiger partial charge on any atom is -0.306 e. The Hall–Kier alpha value is -0.420. The van der Waals surface area contributed by atoms with Crippen molar-refractivity contribution in [3.05, 3.63) is 66.8 Å². The van der Waals surface area contributed by atoms with Gasteiger partial charge in [0.1, 0.15) is 5.82 Å². The molecule has 0 saturated carbocycles. The van der Waals surface area contributed by atoms with E-state index in [1.165, 1.54) is 6.07 Å². The zero-order valence-electron chi connectivity index (χ0n) is 11.7. The van der Waals surface area contributed by atoms with Crippen molar-refractivity contribution in [2.24, 2.45) is 0 Å². The molecular formula is C16H15Br2ClFN. The lowest BCUT2D eigenvalue weighted by molar-refractivity contribution is 0.558. The number of halogens is 4. The average molecular weight is 436 g/mol. The van der Waals surface area contributed by atoms with E-state index in [0.29, 0.717) is 10.6 Å². The second-order valence-corrected chi connectivity index (χ2v) is 6.92. The van der Waals surface area contributed by atoms with Crippen LogP contribution in [-0.2, 0) is 0 Å². The van der Waals surface area contributed by atoms with E-state index >= 15 is 0 Å². The highest BCUT2D eigenvalue weighted by atomic mass is 79.9.